The van der Waals surface area contributed by atoms with Gasteiger partial charge in [-0.2, -0.15) is 0 Å². The van der Waals surface area contributed by atoms with Crippen LogP contribution in [0.3, 0.4) is 0 Å². The number of nitrogens with one attached hydrogen (secondary N) is 1. The minimum absolute atomic E-state index is 0.0189. The van der Waals surface area contributed by atoms with Crippen LogP contribution in [0.1, 0.15) is 26.2 Å². The van der Waals surface area contributed by atoms with Crippen LogP contribution in [0.2, 0.25) is 0 Å². The van der Waals surface area contributed by atoms with Crippen LogP contribution in [0.4, 0.5) is 10.5 Å². The van der Waals surface area contributed by atoms with Crippen molar-refractivity contribution in [2.45, 2.75) is 26.2 Å². The number of nitrogens with zero attached hydrogens (tertiary/aromatic N) is 3. The molecule has 1 saturated heterocycles. The molecule has 0 aliphatic carbocycles. The molecule has 2 N–H and O–H groups in total. The number of piperidine rings is 1. The first kappa shape index (κ1) is 17.5. The molecule has 134 valence electrons. The Morgan fingerprint density at radius 3 is 2.72 bits per heavy atom. The molecule has 0 bridgehead atoms. The molecule has 1 aliphatic heterocycles. The number of aliphatic hydroxyl groups excluding tert-OH is 1. The molecule has 1 aromatic heterocycles. The van der Waals surface area contributed by atoms with Crippen LogP contribution in [-0.4, -0.2) is 45.3 Å². The monoisotopic (exact) mass is 342 g/mol. The maximum atomic E-state index is 12.6. The summed E-state index contributed by atoms with van der Waals surface area (Å²) < 4.78 is 1.95. The first-order chi connectivity index (χ1) is 12.1. The van der Waals surface area contributed by atoms with Crippen molar-refractivity contribution in [3.8, 4) is 11.4 Å². The summed E-state index contributed by atoms with van der Waals surface area (Å²) in [6, 6.07) is 7.64. The van der Waals surface area contributed by atoms with Gasteiger partial charge in [0.1, 0.15) is 5.82 Å². The number of rotatable bonds is 4. The van der Waals surface area contributed by atoms with Gasteiger partial charge in [0, 0.05) is 50.4 Å². The van der Waals surface area contributed by atoms with Gasteiger partial charge in [0.15, 0.2) is 0 Å². The number of likely N-dealkylation sites (tertiary alicyclic amines) is 1. The van der Waals surface area contributed by atoms with E-state index >= 15 is 0 Å². The molecule has 1 aliphatic rings. The number of aromatic nitrogens is 2. The van der Waals surface area contributed by atoms with Crippen LogP contribution in [0, 0.1) is 5.41 Å². The average molecular weight is 342 g/mol. The zero-order valence-electron chi connectivity index (χ0n) is 14.9. The third-order valence-corrected chi connectivity index (χ3v) is 5.39. The van der Waals surface area contributed by atoms with Crippen LogP contribution in [-0.2, 0) is 7.05 Å². The van der Waals surface area contributed by atoms with E-state index in [4.69, 9.17) is 0 Å². The van der Waals surface area contributed by atoms with Crippen molar-refractivity contribution in [3.05, 3.63) is 36.7 Å². The Morgan fingerprint density at radius 1 is 1.36 bits per heavy atom. The highest BCUT2D eigenvalue weighted by atomic mass is 16.3. The van der Waals surface area contributed by atoms with Crippen LogP contribution in [0.5, 0.6) is 0 Å². The Kier molecular flexibility index (Phi) is 5.08. The number of carbonyl (C=O) groups is 1. The van der Waals surface area contributed by atoms with Gasteiger partial charge in [0.05, 0.1) is 0 Å². The molecule has 0 unspecified atom stereocenters. The summed E-state index contributed by atoms with van der Waals surface area (Å²) in [5.41, 5.74) is 1.71. The second kappa shape index (κ2) is 7.27. The van der Waals surface area contributed by atoms with E-state index in [0.29, 0.717) is 13.1 Å². The lowest BCUT2D eigenvalue weighted by atomic mass is 9.77. The van der Waals surface area contributed by atoms with Gasteiger partial charge in [-0.3, -0.25) is 0 Å². The maximum Gasteiger partial charge on any atom is 0.321 e. The first-order valence-electron chi connectivity index (χ1n) is 8.81. The van der Waals surface area contributed by atoms with Gasteiger partial charge < -0.3 is 19.9 Å². The standard InChI is InChI=1S/C19H26N4O2/c1-3-19(14-24)7-10-23(11-8-19)18(25)21-16-6-4-5-15(13-16)17-20-9-12-22(17)2/h4-6,9,12-13,24H,3,7-8,10-11,14H2,1-2H3,(H,21,25). The van der Waals surface area contributed by atoms with Crippen molar-refractivity contribution in [1.29, 1.82) is 0 Å². The van der Waals surface area contributed by atoms with Gasteiger partial charge in [-0.15, -0.1) is 0 Å². The van der Waals surface area contributed by atoms with Gasteiger partial charge in [-0.1, -0.05) is 19.1 Å². The Balaban J connectivity index is 1.65. The third-order valence-electron chi connectivity index (χ3n) is 5.39. The summed E-state index contributed by atoms with van der Waals surface area (Å²) in [6.45, 7) is 3.66. The summed E-state index contributed by atoms with van der Waals surface area (Å²) in [5.74, 6) is 0.866. The number of hydrogen-bond donors (Lipinski definition) is 2. The molecule has 2 amide bonds. The molecule has 0 saturated carbocycles. The molecule has 2 aromatic rings. The van der Waals surface area contributed by atoms with E-state index in [9.17, 15) is 9.90 Å². The minimum atomic E-state index is -0.0837. The van der Waals surface area contributed by atoms with Crippen molar-refractivity contribution in [2.75, 3.05) is 25.0 Å². The van der Waals surface area contributed by atoms with Crippen LogP contribution in [0.25, 0.3) is 11.4 Å². The summed E-state index contributed by atoms with van der Waals surface area (Å²) >= 11 is 0. The predicted octanol–water partition coefficient (Wildman–Crippen LogP) is 3.10. The van der Waals surface area contributed by atoms with Crippen molar-refractivity contribution < 1.29 is 9.90 Å². The molecule has 0 atom stereocenters. The highest BCUT2D eigenvalue weighted by molar-refractivity contribution is 5.90. The van der Waals surface area contributed by atoms with Crippen LogP contribution < -0.4 is 5.32 Å². The fourth-order valence-corrected chi connectivity index (χ4v) is 3.39. The van der Waals surface area contributed by atoms with E-state index in [-0.39, 0.29) is 18.1 Å². The zero-order chi connectivity index (χ0) is 17.9. The second-order valence-corrected chi connectivity index (χ2v) is 6.87. The van der Waals surface area contributed by atoms with Gasteiger partial charge >= 0.3 is 6.03 Å². The SMILES string of the molecule is CCC1(CO)CCN(C(=O)Nc2cccc(-c3nccn3C)c2)CC1. The Labute approximate surface area is 148 Å². The molecule has 6 nitrogen and oxygen atoms in total. The number of carbonyl (C=O) groups excluding carboxylic acids is 1. The van der Waals surface area contributed by atoms with Gasteiger partial charge in [-0.05, 0) is 36.8 Å². The highest BCUT2D eigenvalue weighted by Gasteiger charge is 2.33. The molecule has 0 radical (unpaired) electrons. The van der Waals surface area contributed by atoms with E-state index in [0.717, 1.165) is 36.3 Å². The second-order valence-electron chi connectivity index (χ2n) is 6.87. The van der Waals surface area contributed by atoms with Gasteiger partial charge in [0.25, 0.3) is 0 Å². The van der Waals surface area contributed by atoms with Crippen molar-refractivity contribution in [1.82, 2.24) is 14.5 Å². The molecular formula is C19H26N4O2. The van der Waals surface area contributed by atoms with Crippen molar-refractivity contribution >= 4 is 11.7 Å². The molecule has 1 fully saturated rings. The van der Waals surface area contributed by atoms with Gasteiger partial charge in [0.2, 0.25) is 0 Å². The van der Waals surface area contributed by atoms with Crippen LogP contribution in [0.15, 0.2) is 36.7 Å². The Bertz CT molecular complexity index is 727. The minimum Gasteiger partial charge on any atom is -0.396 e. The fraction of sp³-hybridized carbons (Fsp3) is 0.474. The molecular weight excluding hydrogens is 316 g/mol. The summed E-state index contributed by atoms with van der Waals surface area (Å²) in [4.78, 5) is 18.7. The molecule has 3 rings (SSSR count). The molecule has 6 heteroatoms. The number of anilines is 1. The van der Waals surface area contributed by atoms with Gasteiger partial charge in [-0.25, -0.2) is 9.78 Å². The zero-order valence-corrected chi connectivity index (χ0v) is 14.9. The first-order valence-corrected chi connectivity index (χ1v) is 8.81. The normalized spacial score (nSPS) is 16.7. The van der Waals surface area contributed by atoms with E-state index in [1.807, 2.05) is 47.0 Å². The smallest absolute Gasteiger partial charge is 0.321 e. The number of imidazole rings is 1. The molecule has 2 heterocycles. The summed E-state index contributed by atoms with van der Waals surface area (Å²) in [6.07, 6.45) is 6.30. The number of urea groups is 1. The number of benzene rings is 1. The molecule has 0 spiro atoms. The van der Waals surface area contributed by atoms with Crippen molar-refractivity contribution in [2.24, 2.45) is 12.5 Å². The summed E-state index contributed by atoms with van der Waals surface area (Å²) in [7, 11) is 1.95. The maximum absolute atomic E-state index is 12.6. The van der Waals surface area contributed by atoms with E-state index in [2.05, 4.69) is 17.2 Å². The van der Waals surface area contributed by atoms with Crippen molar-refractivity contribution in [3.63, 3.8) is 0 Å². The lowest BCUT2D eigenvalue weighted by Gasteiger charge is -2.40. The summed E-state index contributed by atoms with van der Waals surface area (Å²) in [5, 5.41) is 12.6. The predicted molar refractivity (Wildman–Crippen MR) is 98.3 cm³/mol. The average Bonchev–Trinajstić information content (AvgIpc) is 3.08. The quantitative estimate of drug-likeness (QED) is 0.897. The topological polar surface area (TPSA) is 70.4 Å². The molecule has 25 heavy (non-hydrogen) atoms. The van der Waals surface area contributed by atoms with E-state index in [1.54, 1.807) is 6.20 Å². The van der Waals surface area contributed by atoms with E-state index < -0.39 is 0 Å². The van der Waals surface area contributed by atoms with Crippen LogP contribution >= 0.6 is 0 Å². The molecule has 1 aromatic carbocycles. The third kappa shape index (κ3) is 3.69. The highest BCUT2D eigenvalue weighted by Crippen LogP contribution is 2.34. The fourth-order valence-electron chi connectivity index (χ4n) is 3.39. The number of hydrogen-bond acceptors (Lipinski definition) is 3. The lowest BCUT2D eigenvalue weighted by molar-refractivity contribution is 0.0542. The number of aryl methyl sites for hydroxylation is 1. The Hall–Kier alpha value is -2.34. The number of amides is 2. The largest absolute Gasteiger partial charge is 0.396 e. The number of aliphatic hydroxyl groups is 1. The lowest BCUT2D eigenvalue weighted by Crippen LogP contribution is -2.46. The van der Waals surface area contributed by atoms with E-state index in [1.165, 1.54) is 0 Å². The Morgan fingerprint density at radius 2 is 2.12 bits per heavy atom.